The molecule has 0 bridgehead atoms. The second-order valence-corrected chi connectivity index (χ2v) is 8.51. The van der Waals surface area contributed by atoms with E-state index in [9.17, 15) is 4.79 Å². The van der Waals surface area contributed by atoms with Gasteiger partial charge < -0.3 is 29.7 Å². The number of fused-ring (bicyclic) bond motifs is 1. The van der Waals surface area contributed by atoms with E-state index >= 15 is 0 Å². The van der Waals surface area contributed by atoms with E-state index in [0.29, 0.717) is 47.6 Å². The first-order chi connectivity index (χ1) is 18.0. The van der Waals surface area contributed by atoms with Crippen LogP contribution in [0.4, 0.5) is 23.0 Å². The number of nitrogens with one attached hydrogen (secondary N) is 2. The highest BCUT2D eigenvalue weighted by molar-refractivity contribution is 5.95. The summed E-state index contributed by atoms with van der Waals surface area (Å²) in [5, 5.41) is 6.93. The Morgan fingerprint density at radius 3 is 2.30 bits per heavy atom. The first-order valence-corrected chi connectivity index (χ1v) is 11.9. The Bertz CT molecular complexity index is 1400. The van der Waals surface area contributed by atoms with Crippen LogP contribution in [0.15, 0.2) is 54.7 Å². The van der Waals surface area contributed by atoms with Crippen LogP contribution in [-0.2, 0) is 9.53 Å². The van der Waals surface area contributed by atoms with Gasteiger partial charge in [-0.05, 0) is 42.5 Å². The Morgan fingerprint density at radius 1 is 0.946 bits per heavy atom. The van der Waals surface area contributed by atoms with E-state index in [-0.39, 0.29) is 5.91 Å². The van der Waals surface area contributed by atoms with Crippen LogP contribution in [0.3, 0.4) is 0 Å². The predicted octanol–water partition coefficient (Wildman–Crippen LogP) is 4.25. The van der Waals surface area contributed by atoms with Crippen LogP contribution in [0.2, 0.25) is 0 Å². The summed E-state index contributed by atoms with van der Waals surface area (Å²) in [5.41, 5.74) is 3.00. The Hall–Kier alpha value is -4.44. The Balaban J connectivity index is 1.53. The Kier molecular flexibility index (Phi) is 7.00. The standard InChI is InChI=1S/C27H28N6O4/c1-17(34)29-19-5-7-20(8-6-19)30-27-21-14-23(35-2)24(36-3)15-22(21)31-26(32-27)18-4-9-25(28-16-18)33-10-12-37-13-11-33/h4-9,14-16H,10-13H2,1-3H3,(H,29,34)(H,30,31,32). The number of hydrogen-bond acceptors (Lipinski definition) is 9. The molecule has 0 radical (unpaired) electrons. The summed E-state index contributed by atoms with van der Waals surface area (Å²) in [7, 11) is 3.18. The van der Waals surface area contributed by atoms with Crippen LogP contribution in [-0.4, -0.2) is 61.4 Å². The largest absolute Gasteiger partial charge is 0.493 e. The molecule has 1 aliphatic rings. The van der Waals surface area contributed by atoms with E-state index in [1.165, 1.54) is 6.92 Å². The molecule has 1 fully saturated rings. The number of rotatable bonds is 7. The molecule has 0 spiro atoms. The van der Waals surface area contributed by atoms with E-state index in [2.05, 4.69) is 20.5 Å². The molecular weight excluding hydrogens is 472 g/mol. The average molecular weight is 501 g/mol. The smallest absolute Gasteiger partial charge is 0.221 e. The predicted molar refractivity (Wildman–Crippen MR) is 143 cm³/mol. The minimum atomic E-state index is -0.124. The van der Waals surface area contributed by atoms with Crippen molar-refractivity contribution < 1.29 is 19.0 Å². The van der Waals surface area contributed by atoms with Crippen molar-refractivity contribution in [2.75, 3.05) is 56.1 Å². The number of hydrogen-bond donors (Lipinski definition) is 2. The fourth-order valence-electron chi connectivity index (χ4n) is 4.15. The van der Waals surface area contributed by atoms with Crippen LogP contribution in [0.5, 0.6) is 11.5 Å². The van der Waals surface area contributed by atoms with Gasteiger partial charge in [-0.2, -0.15) is 0 Å². The summed E-state index contributed by atoms with van der Waals surface area (Å²) in [6.45, 7) is 4.50. The lowest BCUT2D eigenvalue weighted by molar-refractivity contribution is -0.114. The molecule has 0 unspecified atom stereocenters. The lowest BCUT2D eigenvalue weighted by Gasteiger charge is -2.27. The van der Waals surface area contributed by atoms with Crippen molar-refractivity contribution in [1.82, 2.24) is 15.0 Å². The van der Waals surface area contributed by atoms with E-state index in [0.717, 1.165) is 35.5 Å². The third-order valence-corrected chi connectivity index (χ3v) is 6.01. The van der Waals surface area contributed by atoms with Crippen LogP contribution in [0.1, 0.15) is 6.92 Å². The van der Waals surface area contributed by atoms with E-state index in [1.54, 1.807) is 20.4 Å². The van der Waals surface area contributed by atoms with E-state index in [1.807, 2.05) is 48.5 Å². The number of amides is 1. The molecule has 5 rings (SSSR count). The molecule has 0 aliphatic carbocycles. The molecule has 3 heterocycles. The fraction of sp³-hybridized carbons (Fsp3) is 0.259. The quantitative estimate of drug-likeness (QED) is 0.385. The molecule has 2 aromatic heterocycles. The summed E-state index contributed by atoms with van der Waals surface area (Å²) in [4.78, 5) is 27.9. The number of benzene rings is 2. The lowest BCUT2D eigenvalue weighted by Crippen LogP contribution is -2.36. The van der Waals surface area contributed by atoms with Crippen molar-refractivity contribution >= 4 is 39.8 Å². The number of ether oxygens (including phenoxy) is 3. The molecule has 4 aromatic rings. The fourth-order valence-corrected chi connectivity index (χ4v) is 4.15. The molecular formula is C27H28N6O4. The van der Waals surface area contributed by atoms with Gasteiger partial charge in [-0.1, -0.05) is 0 Å². The minimum Gasteiger partial charge on any atom is -0.493 e. The highest BCUT2D eigenvalue weighted by Crippen LogP contribution is 2.36. The maximum atomic E-state index is 11.4. The average Bonchev–Trinajstić information content (AvgIpc) is 2.93. The number of carbonyl (C=O) groups is 1. The summed E-state index contributed by atoms with van der Waals surface area (Å²) in [6, 6.07) is 15.0. The van der Waals surface area contributed by atoms with Crippen molar-refractivity contribution in [1.29, 1.82) is 0 Å². The summed E-state index contributed by atoms with van der Waals surface area (Å²) in [5.74, 6) is 3.06. The number of methoxy groups -OCH3 is 2. The summed E-state index contributed by atoms with van der Waals surface area (Å²) < 4.78 is 16.5. The summed E-state index contributed by atoms with van der Waals surface area (Å²) in [6.07, 6.45) is 1.79. The molecule has 1 aliphatic heterocycles. The Morgan fingerprint density at radius 2 is 1.65 bits per heavy atom. The Labute approximate surface area is 214 Å². The second-order valence-electron chi connectivity index (χ2n) is 8.51. The maximum absolute atomic E-state index is 11.4. The van der Waals surface area contributed by atoms with Gasteiger partial charge in [0.15, 0.2) is 17.3 Å². The second kappa shape index (κ2) is 10.7. The third kappa shape index (κ3) is 5.39. The monoisotopic (exact) mass is 500 g/mol. The van der Waals surface area contributed by atoms with Gasteiger partial charge in [-0.25, -0.2) is 15.0 Å². The number of carbonyl (C=O) groups excluding carboxylic acids is 1. The molecule has 10 heteroatoms. The van der Waals surface area contributed by atoms with Crippen LogP contribution < -0.4 is 25.0 Å². The minimum absolute atomic E-state index is 0.124. The number of nitrogens with zero attached hydrogens (tertiary/aromatic N) is 4. The molecule has 1 amide bonds. The van der Waals surface area contributed by atoms with Gasteiger partial charge in [0.25, 0.3) is 0 Å². The van der Waals surface area contributed by atoms with Gasteiger partial charge in [-0.15, -0.1) is 0 Å². The van der Waals surface area contributed by atoms with Gasteiger partial charge in [0.2, 0.25) is 5.91 Å². The zero-order chi connectivity index (χ0) is 25.8. The van der Waals surface area contributed by atoms with E-state index in [4.69, 9.17) is 24.2 Å². The number of pyridine rings is 1. The molecule has 10 nitrogen and oxygen atoms in total. The van der Waals surface area contributed by atoms with Crippen LogP contribution >= 0.6 is 0 Å². The SMILES string of the molecule is COc1cc2nc(-c3ccc(N4CCOCC4)nc3)nc(Nc3ccc(NC(C)=O)cc3)c2cc1OC. The van der Waals surface area contributed by atoms with Crippen molar-refractivity contribution in [2.24, 2.45) is 0 Å². The van der Waals surface area contributed by atoms with Gasteiger partial charge in [0.1, 0.15) is 11.6 Å². The van der Waals surface area contributed by atoms with Gasteiger partial charge >= 0.3 is 0 Å². The molecule has 190 valence electrons. The third-order valence-electron chi connectivity index (χ3n) is 6.01. The van der Waals surface area contributed by atoms with Crippen molar-refractivity contribution in [3.05, 3.63) is 54.7 Å². The van der Waals surface area contributed by atoms with Crippen molar-refractivity contribution in [3.8, 4) is 22.9 Å². The van der Waals surface area contributed by atoms with Crippen LogP contribution in [0, 0.1) is 0 Å². The highest BCUT2D eigenvalue weighted by atomic mass is 16.5. The maximum Gasteiger partial charge on any atom is 0.221 e. The lowest BCUT2D eigenvalue weighted by atomic mass is 10.1. The number of anilines is 4. The topological polar surface area (TPSA) is 111 Å². The molecule has 2 aromatic carbocycles. The molecule has 37 heavy (non-hydrogen) atoms. The van der Waals surface area contributed by atoms with Crippen LogP contribution in [0.25, 0.3) is 22.3 Å². The zero-order valence-corrected chi connectivity index (χ0v) is 20.9. The molecule has 0 saturated carbocycles. The van der Waals surface area contributed by atoms with Crippen molar-refractivity contribution in [3.63, 3.8) is 0 Å². The van der Waals surface area contributed by atoms with Gasteiger partial charge in [0.05, 0.1) is 33.0 Å². The molecule has 2 N–H and O–H groups in total. The molecule has 0 atom stereocenters. The number of aromatic nitrogens is 3. The van der Waals surface area contributed by atoms with Gasteiger partial charge in [0, 0.05) is 54.6 Å². The normalized spacial score (nSPS) is 13.3. The number of morpholine rings is 1. The zero-order valence-electron chi connectivity index (χ0n) is 20.9. The molecule has 1 saturated heterocycles. The van der Waals surface area contributed by atoms with Crippen molar-refractivity contribution in [2.45, 2.75) is 6.92 Å². The first-order valence-electron chi connectivity index (χ1n) is 11.9. The van der Waals surface area contributed by atoms with Gasteiger partial charge in [-0.3, -0.25) is 4.79 Å². The highest BCUT2D eigenvalue weighted by Gasteiger charge is 2.16. The van der Waals surface area contributed by atoms with E-state index < -0.39 is 0 Å². The summed E-state index contributed by atoms with van der Waals surface area (Å²) >= 11 is 0. The first kappa shape index (κ1) is 24.3.